The Morgan fingerprint density at radius 1 is 0.792 bits per heavy atom. The van der Waals surface area contributed by atoms with Crippen molar-refractivity contribution in [3.63, 3.8) is 0 Å². The van der Waals surface area contributed by atoms with Gasteiger partial charge in [-0.1, -0.05) is 96.1 Å². The van der Waals surface area contributed by atoms with Crippen molar-refractivity contribution in [1.29, 1.82) is 0 Å². The standard InChI is InChI=1S/C23H30O/c1-22(2,3)16-20(23(4,5)6)17-12-14-19(15-13-17)21(24)18-10-8-7-9-11-18/h7-15,20H,16H2,1-6H3. The highest BCUT2D eigenvalue weighted by molar-refractivity contribution is 6.08. The van der Waals surface area contributed by atoms with E-state index in [9.17, 15) is 4.79 Å². The van der Waals surface area contributed by atoms with Crippen LogP contribution in [-0.2, 0) is 0 Å². The van der Waals surface area contributed by atoms with Crippen LogP contribution in [0, 0.1) is 10.8 Å². The van der Waals surface area contributed by atoms with Crippen LogP contribution in [0.1, 0.15) is 75.4 Å². The van der Waals surface area contributed by atoms with Crippen LogP contribution >= 0.6 is 0 Å². The number of ketones is 1. The Labute approximate surface area is 147 Å². The third-order valence-electron chi connectivity index (χ3n) is 4.47. The molecule has 0 heterocycles. The van der Waals surface area contributed by atoms with Gasteiger partial charge >= 0.3 is 0 Å². The van der Waals surface area contributed by atoms with E-state index in [1.807, 2.05) is 42.5 Å². The molecule has 0 fully saturated rings. The monoisotopic (exact) mass is 322 g/mol. The Kier molecular flexibility index (Phi) is 5.32. The van der Waals surface area contributed by atoms with Crippen molar-refractivity contribution in [2.24, 2.45) is 10.8 Å². The van der Waals surface area contributed by atoms with Gasteiger partial charge in [-0.3, -0.25) is 4.79 Å². The summed E-state index contributed by atoms with van der Waals surface area (Å²) in [5.41, 5.74) is 3.29. The molecular weight excluding hydrogens is 292 g/mol. The molecule has 0 N–H and O–H groups in total. The fourth-order valence-corrected chi connectivity index (χ4v) is 3.16. The first-order valence-corrected chi connectivity index (χ1v) is 8.78. The number of carbonyl (C=O) groups is 1. The van der Waals surface area contributed by atoms with Crippen LogP contribution in [0.15, 0.2) is 54.6 Å². The summed E-state index contributed by atoms with van der Waals surface area (Å²) in [4.78, 5) is 12.6. The lowest BCUT2D eigenvalue weighted by Crippen LogP contribution is -2.23. The van der Waals surface area contributed by atoms with Crippen LogP contribution in [0.5, 0.6) is 0 Å². The van der Waals surface area contributed by atoms with Crippen molar-refractivity contribution in [2.45, 2.75) is 53.9 Å². The van der Waals surface area contributed by atoms with Gasteiger partial charge in [0.25, 0.3) is 0 Å². The first kappa shape index (κ1) is 18.4. The normalized spacial score (nSPS) is 13.6. The van der Waals surface area contributed by atoms with Gasteiger partial charge in [-0.2, -0.15) is 0 Å². The molecule has 1 nitrogen and oxygen atoms in total. The van der Waals surface area contributed by atoms with Gasteiger partial charge in [0.15, 0.2) is 5.78 Å². The maximum atomic E-state index is 12.6. The van der Waals surface area contributed by atoms with E-state index in [4.69, 9.17) is 0 Å². The zero-order chi connectivity index (χ0) is 18.0. The summed E-state index contributed by atoms with van der Waals surface area (Å²) in [7, 11) is 0. The van der Waals surface area contributed by atoms with Crippen molar-refractivity contribution in [2.75, 3.05) is 0 Å². The second-order valence-corrected chi connectivity index (χ2v) is 9.00. The molecule has 0 spiro atoms. The van der Waals surface area contributed by atoms with Gasteiger partial charge in [0, 0.05) is 11.1 Å². The third-order valence-corrected chi connectivity index (χ3v) is 4.47. The van der Waals surface area contributed by atoms with Gasteiger partial charge < -0.3 is 0 Å². The molecule has 0 amide bonds. The molecule has 0 saturated heterocycles. The molecular formula is C23H30O. The Balaban J connectivity index is 2.28. The Morgan fingerprint density at radius 2 is 1.29 bits per heavy atom. The zero-order valence-corrected chi connectivity index (χ0v) is 15.9. The minimum absolute atomic E-state index is 0.0882. The summed E-state index contributed by atoms with van der Waals surface area (Å²) < 4.78 is 0. The van der Waals surface area contributed by atoms with E-state index < -0.39 is 0 Å². The molecule has 24 heavy (non-hydrogen) atoms. The van der Waals surface area contributed by atoms with E-state index in [-0.39, 0.29) is 16.6 Å². The average molecular weight is 322 g/mol. The molecule has 1 unspecified atom stereocenters. The Hall–Kier alpha value is -1.89. The van der Waals surface area contributed by atoms with Gasteiger partial charge in [0.1, 0.15) is 0 Å². The number of benzene rings is 2. The van der Waals surface area contributed by atoms with Gasteiger partial charge in [0.2, 0.25) is 0 Å². The lowest BCUT2D eigenvalue weighted by Gasteiger charge is -2.36. The average Bonchev–Trinajstić information content (AvgIpc) is 2.51. The number of hydrogen-bond acceptors (Lipinski definition) is 1. The number of carbonyl (C=O) groups excluding carboxylic acids is 1. The Bertz CT molecular complexity index is 667. The van der Waals surface area contributed by atoms with Crippen molar-refractivity contribution in [3.8, 4) is 0 Å². The van der Waals surface area contributed by atoms with Crippen LogP contribution in [0.4, 0.5) is 0 Å². The maximum Gasteiger partial charge on any atom is 0.193 e. The highest BCUT2D eigenvalue weighted by atomic mass is 16.1. The summed E-state index contributed by atoms with van der Waals surface area (Å²) >= 11 is 0. The fraction of sp³-hybridized carbons (Fsp3) is 0.435. The molecule has 2 aromatic rings. The van der Waals surface area contributed by atoms with E-state index in [0.717, 1.165) is 17.5 Å². The molecule has 1 atom stereocenters. The van der Waals surface area contributed by atoms with E-state index in [2.05, 4.69) is 53.7 Å². The van der Waals surface area contributed by atoms with Crippen LogP contribution < -0.4 is 0 Å². The summed E-state index contributed by atoms with van der Waals surface area (Å²) in [5, 5.41) is 0. The van der Waals surface area contributed by atoms with Crippen LogP contribution in [-0.4, -0.2) is 5.78 Å². The largest absolute Gasteiger partial charge is 0.289 e. The number of rotatable bonds is 4. The summed E-state index contributed by atoms with van der Waals surface area (Å²) in [6.07, 6.45) is 1.13. The van der Waals surface area contributed by atoms with E-state index in [1.54, 1.807) is 0 Å². The van der Waals surface area contributed by atoms with Gasteiger partial charge in [-0.05, 0) is 28.7 Å². The van der Waals surface area contributed by atoms with Crippen LogP contribution in [0.2, 0.25) is 0 Å². The molecule has 0 saturated carbocycles. The van der Waals surface area contributed by atoms with Crippen molar-refractivity contribution < 1.29 is 4.79 Å². The summed E-state index contributed by atoms with van der Waals surface area (Å²) in [6, 6.07) is 17.7. The summed E-state index contributed by atoms with van der Waals surface area (Å²) in [5.74, 6) is 0.559. The predicted molar refractivity (Wildman–Crippen MR) is 103 cm³/mol. The molecule has 0 aliphatic carbocycles. The highest BCUT2D eigenvalue weighted by Gasteiger charge is 2.30. The molecule has 0 aliphatic heterocycles. The lowest BCUT2D eigenvalue weighted by molar-refractivity contribution is 0.103. The van der Waals surface area contributed by atoms with Crippen molar-refractivity contribution in [1.82, 2.24) is 0 Å². The quantitative estimate of drug-likeness (QED) is 0.588. The van der Waals surface area contributed by atoms with Gasteiger partial charge in [-0.25, -0.2) is 0 Å². The van der Waals surface area contributed by atoms with Gasteiger partial charge in [0.05, 0.1) is 0 Å². The topological polar surface area (TPSA) is 17.1 Å². The van der Waals surface area contributed by atoms with E-state index >= 15 is 0 Å². The lowest BCUT2D eigenvalue weighted by atomic mass is 9.69. The van der Waals surface area contributed by atoms with Crippen LogP contribution in [0.3, 0.4) is 0 Å². The molecule has 0 aliphatic rings. The molecule has 2 aromatic carbocycles. The number of hydrogen-bond donors (Lipinski definition) is 0. The molecule has 0 bridgehead atoms. The fourth-order valence-electron chi connectivity index (χ4n) is 3.16. The molecule has 0 radical (unpaired) electrons. The SMILES string of the molecule is CC(C)(C)CC(c1ccc(C(=O)c2ccccc2)cc1)C(C)(C)C. The molecule has 2 rings (SSSR count). The maximum absolute atomic E-state index is 12.6. The molecule has 0 aromatic heterocycles. The third kappa shape index (κ3) is 4.80. The predicted octanol–water partition coefficient (Wildman–Crippen LogP) is 6.48. The van der Waals surface area contributed by atoms with Crippen molar-refractivity contribution in [3.05, 3.63) is 71.3 Å². The minimum atomic E-state index is 0.0882. The second kappa shape index (κ2) is 6.93. The smallest absolute Gasteiger partial charge is 0.193 e. The first-order valence-electron chi connectivity index (χ1n) is 8.78. The molecule has 1 heteroatoms. The zero-order valence-electron chi connectivity index (χ0n) is 15.9. The van der Waals surface area contributed by atoms with Crippen LogP contribution in [0.25, 0.3) is 0 Å². The van der Waals surface area contributed by atoms with E-state index in [0.29, 0.717) is 5.92 Å². The Morgan fingerprint density at radius 3 is 1.75 bits per heavy atom. The minimum Gasteiger partial charge on any atom is -0.289 e. The van der Waals surface area contributed by atoms with Gasteiger partial charge in [-0.15, -0.1) is 0 Å². The van der Waals surface area contributed by atoms with Crippen molar-refractivity contribution >= 4 is 5.78 Å². The van der Waals surface area contributed by atoms with E-state index in [1.165, 1.54) is 5.56 Å². The molecule has 128 valence electrons. The first-order chi connectivity index (χ1) is 11.1. The highest BCUT2D eigenvalue weighted by Crippen LogP contribution is 2.43. The second-order valence-electron chi connectivity index (χ2n) is 9.00. The summed E-state index contributed by atoms with van der Waals surface area (Å²) in [6.45, 7) is 13.8.